The van der Waals surface area contributed by atoms with Gasteiger partial charge in [-0.15, -0.1) is 0 Å². The van der Waals surface area contributed by atoms with Gasteiger partial charge in [0.1, 0.15) is 0 Å². The van der Waals surface area contributed by atoms with Crippen LogP contribution in [0, 0.1) is 11.3 Å². The molecule has 1 rings (SSSR count). The van der Waals surface area contributed by atoms with E-state index < -0.39 is 0 Å². The van der Waals surface area contributed by atoms with Gasteiger partial charge < -0.3 is 9.80 Å². The number of hydrogen-bond donors (Lipinski definition) is 0. The van der Waals surface area contributed by atoms with Crippen molar-refractivity contribution in [3.05, 3.63) is 35.4 Å². The van der Waals surface area contributed by atoms with Gasteiger partial charge in [0.25, 0.3) is 0 Å². The van der Waals surface area contributed by atoms with E-state index in [1.807, 2.05) is 25.2 Å². The summed E-state index contributed by atoms with van der Waals surface area (Å²) in [4.78, 5) is 15.2. The third kappa shape index (κ3) is 5.54. The van der Waals surface area contributed by atoms with Crippen LogP contribution in [0.2, 0.25) is 0 Å². The molecule has 102 valence electrons. The molecule has 0 aliphatic carbocycles. The highest BCUT2D eigenvalue weighted by Crippen LogP contribution is 2.07. The number of rotatable bonds is 6. The predicted octanol–water partition coefficient (Wildman–Crippen LogP) is 1.86. The Morgan fingerprint density at radius 1 is 1.32 bits per heavy atom. The van der Waals surface area contributed by atoms with Crippen molar-refractivity contribution in [3.63, 3.8) is 0 Å². The lowest BCUT2D eigenvalue weighted by Crippen LogP contribution is -2.24. The highest BCUT2D eigenvalue weighted by Gasteiger charge is 2.05. The van der Waals surface area contributed by atoms with Crippen LogP contribution in [0.5, 0.6) is 0 Å². The summed E-state index contributed by atoms with van der Waals surface area (Å²) < 4.78 is 0. The van der Waals surface area contributed by atoms with Crippen LogP contribution in [-0.2, 0) is 11.3 Å². The Balaban J connectivity index is 2.37. The van der Waals surface area contributed by atoms with Crippen LogP contribution in [0.3, 0.4) is 0 Å². The van der Waals surface area contributed by atoms with Crippen LogP contribution in [0.4, 0.5) is 0 Å². The Morgan fingerprint density at radius 2 is 2.05 bits per heavy atom. The summed E-state index contributed by atoms with van der Waals surface area (Å²) in [5.41, 5.74) is 1.81. The molecular weight excluding hydrogens is 238 g/mol. The van der Waals surface area contributed by atoms with Gasteiger partial charge >= 0.3 is 0 Å². The van der Waals surface area contributed by atoms with Gasteiger partial charge in [-0.25, -0.2) is 0 Å². The van der Waals surface area contributed by atoms with Crippen molar-refractivity contribution in [2.45, 2.75) is 19.4 Å². The molecule has 0 N–H and O–H groups in total. The second-order valence-corrected chi connectivity index (χ2v) is 4.94. The number of hydrogen-bond acceptors (Lipinski definition) is 3. The van der Waals surface area contributed by atoms with E-state index in [2.05, 4.69) is 11.0 Å². The first-order valence-electron chi connectivity index (χ1n) is 6.40. The van der Waals surface area contributed by atoms with Gasteiger partial charge in [0.2, 0.25) is 5.91 Å². The molecular formula is C15H21N3O. The minimum atomic E-state index is 0.167. The lowest BCUT2D eigenvalue weighted by atomic mass is 10.1. The molecule has 19 heavy (non-hydrogen) atoms. The van der Waals surface area contributed by atoms with Crippen molar-refractivity contribution in [1.29, 1.82) is 5.26 Å². The highest BCUT2D eigenvalue weighted by atomic mass is 16.2. The minimum absolute atomic E-state index is 0.167. The molecule has 0 aliphatic rings. The van der Waals surface area contributed by atoms with Gasteiger partial charge in [-0.1, -0.05) is 12.1 Å². The molecule has 0 bridgehead atoms. The van der Waals surface area contributed by atoms with Crippen LogP contribution in [-0.4, -0.2) is 43.4 Å². The lowest BCUT2D eigenvalue weighted by molar-refractivity contribution is -0.128. The van der Waals surface area contributed by atoms with Gasteiger partial charge in [-0.05, 0) is 37.7 Å². The molecule has 1 aromatic carbocycles. The average molecular weight is 259 g/mol. The Bertz CT molecular complexity index is 463. The van der Waals surface area contributed by atoms with Crippen LogP contribution >= 0.6 is 0 Å². The first-order valence-corrected chi connectivity index (χ1v) is 6.40. The first-order chi connectivity index (χ1) is 9.02. The lowest BCUT2D eigenvalue weighted by Gasteiger charge is -2.17. The fraction of sp³-hybridized carbons (Fsp3) is 0.467. The van der Waals surface area contributed by atoms with E-state index in [4.69, 9.17) is 5.26 Å². The largest absolute Gasteiger partial charge is 0.349 e. The summed E-state index contributed by atoms with van der Waals surface area (Å²) in [7, 11) is 5.58. The number of nitrogens with zero attached hydrogens (tertiary/aromatic N) is 3. The van der Waals surface area contributed by atoms with Crippen LogP contribution in [0.25, 0.3) is 0 Å². The Labute approximate surface area is 115 Å². The van der Waals surface area contributed by atoms with Crippen molar-refractivity contribution >= 4 is 5.91 Å². The fourth-order valence-corrected chi connectivity index (χ4v) is 1.85. The molecule has 0 saturated carbocycles. The smallest absolute Gasteiger partial charge is 0.222 e. The Morgan fingerprint density at radius 3 is 2.68 bits per heavy atom. The highest BCUT2D eigenvalue weighted by molar-refractivity contribution is 5.75. The minimum Gasteiger partial charge on any atom is -0.349 e. The maximum absolute atomic E-state index is 11.4. The molecule has 0 fully saturated rings. The van der Waals surface area contributed by atoms with Gasteiger partial charge in [0.15, 0.2) is 0 Å². The van der Waals surface area contributed by atoms with Gasteiger partial charge in [0.05, 0.1) is 11.6 Å². The van der Waals surface area contributed by atoms with E-state index in [1.165, 1.54) is 0 Å². The van der Waals surface area contributed by atoms with Crippen LogP contribution in [0.1, 0.15) is 24.0 Å². The second-order valence-electron chi connectivity index (χ2n) is 4.94. The van der Waals surface area contributed by atoms with E-state index in [0.717, 1.165) is 25.1 Å². The topological polar surface area (TPSA) is 47.3 Å². The molecule has 0 spiro atoms. The zero-order chi connectivity index (χ0) is 14.3. The van der Waals surface area contributed by atoms with Crippen LogP contribution in [0.15, 0.2) is 24.3 Å². The monoisotopic (exact) mass is 259 g/mol. The standard InChI is InChI=1S/C15H21N3O/c1-17(2)15(19)8-5-9-18(3)12-14-7-4-6-13(10-14)11-16/h4,6-7,10H,5,8-9,12H2,1-3H3. The molecule has 0 heterocycles. The third-order valence-corrected chi connectivity index (χ3v) is 2.94. The number of benzene rings is 1. The van der Waals surface area contributed by atoms with E-state index >= 15 is 0 Å². The van der Waals surface area contributed by atoms with Gasteiger partial charge in [-0.3, -0.25) is 4.79 Å². The normalized spacial score (nSPS) is 10.3. The van der Waals surface area contributed by atoms with Gasteiger partial charge in [0, 0.05) is 27.1 Å². The van der Waals surface area contributed by atoms with E-state index in [0.29, 0.717) is 12.0 Å². The number of nitriles is 1. The van der Waals surface area contributed by atoms with E-state index in [-0.39, 0.29) is 5.91 Å². The second kappa shape index (κ2) is 7.55. The zero-order valence-electron chi connectivity index (χ0n) is 11.9. The van der Waals surface area contributed by atoms with Gasteiger partial charge in [-0.2, -0.15) is 5.26 Å². The Hall–Kier alpha value is -1.86. The summed E-state index contributed by atoms with van der Waals surface area (Å²) in [6.07, 6.45) is 1.43. The molecule has 4 nitrogen and oxygen atoms in total. The molecule has 0 aromatic heterocycles. The first kappa shape index (κ1) is 15.2. The molecule has 0 radical (unpaired) electrons. The summed E-state index contributed by atoms with van der Waals surface area (Å²) in [5.74, 6) is 0.167. The summed E-state index contributed by atoms with van der Waals surface area (Å²) in [5, 5.41) is 8.84. The third-order valence-electron chi connectivity index (χ3n) is 2.94. The van der Waals surface area contributed by atoms with E-state index in [9.17, 15) is 4.79 Å². The summed E-state index contributed by atoms with van der Waals surface area (Å²) in [6.45, 7) is 1.67. The average Bonchev–Trinajstić information content (AvgIpc) is 2.38. The van der Waals surface area contributed by atoms with Crippen molar-refractivity contribution in [3.8, 4) is 6.07 Å². The molecule has 1 aromatic rings. The number of amides is 1. The molecule has 0 unspecified atom stereocenters. The maximum Gasteiger partial charge on any atom is 0.222 e. The zero-order valence-corrected chi connectivity index (χ0v) is 11.9. The van der Waals surface area contributed by atoms with Crippen molar-refractivity contribution in [2.24, 2.45) is 0 Å². The molecule has 0 atom stereocenters. The van der Waals surface area contributed by atoms with Crippen LogP contribution < -0.4 is 0 Å². The molecule has 0 aliphatic heterocycles. The van der Waals surface area contributed by atoms with E-state index in [1.54, 1.807) is 25.1 Å². The number of carbonyl (C=O) groups is 1. The van der Waals surface area contributed by atoms with Crippen molar-refractivity contribution < 1.29 is 4.79 Å². The molecule has 1 amide bonds. The number of carbonyl (C=O) groups excluding carboxylic acids is 1. The molecule has 4 heteroatoms. The fourth-order valence-electron chi connectivity index (χ4n) is 1.85. The predicted molar refractivity (Wildman–Crippen MR) is 75.4 cm³/mol. The quantitative estimate of drug-likeness (QED) is 0.783. The van der Waals surface area contributed by atoms with Crippen molar-refractivity contribution in [1.82, 2.24) is 9.80 Å². The summed E-state index contributed by atoms with van der Waals surface area (Å²) >= 11 is 0. The SMILES string of the molecule is CN(CCCC(=O)N(C)C)Cc1cccc(C#N)c1. The maximum atomic E-state index is 11.4. The molecule has 0 saturated heterocycles. The van der Waals surface area contributed by atoms with Crippen molar-refractivity contribution in [2.75, 3.05) is 27.7 Å². The summed E-state index contributed by atoms with van der Waals surface area (Å²) in [6, 6.07) is 9.77. The Kier molecular flexibility index (Phi) is 6.04.